The van der Waals surface area contributed by atoms with Crippen molar-refractivity contribution in [3.05, 3.63) is 64.1 Å². The molecule has 0 aliphatic carbocycles. The molecular weight excluding hydrogens is 372 g/mol. The van der Waals surface area contributed by atoms with Gasteiger partial charge in [-0.3, -0.25) is 4.79 Å². The Bertz CT molecular complexity index is 1150. The van der Waals surface area contributed by atoms with Gasteiger partial charge < -0.3 is 10.6 Å². The molecule has 142 valence electrons. The van der Waals surface area contributed by atoms with Gasteiger partial charge in [0.25, 0.3) is 5.91 Å². The Kier molecular flexibility index (Phi) is 4.79. The first kappa shape index (κ1) is 18.1. The molecule has 0 aliphatic heterocycles. The number of aromatic nitrogens is 4. The Hall–Kier alpha value is -3.26. The van der Waals surface area contributed by atoms with Gasteiger partial charge in [-0.15, -0.1) is 11.3 Å². The molecule has 4 aromatic rings. The molecule has 8 heteroatoms. The molecule has 28 heavy (non-hydrogen) atoms. The largest absolute Gasteiger partial charge is 0.362 e. The molecule has 0 bridgehead atoms. The Morgan fingerprint density at radius 2 is 2.07 bits per heavy atom. The van der Waals surface area contributed by atoms with Crippen LogP contribution in [0.3, 0.4) is 0 Å². The van der Waals surface area contributed by atoms with Crippen LogP contribution in [-0.4, -0.2) is 25.7 Å². The van der Waals surface area contributed by atoms with Gasteiger partial charge in [0, 0.05) is 17.6 Å². The number of rotatable bonds is 5. The number of fused-ring (bicyclic) bond motifs is 1. The molecule has 1 aromatic carbocycles. The zero-order chi connectivity index (χ0) is 19.7. The molecule has 0 fully saturated rings. The number of aryl methyl sites for hydroxylation is 2. The van der Waals surface area contributed by atoms with Crippen molar-refractivity contribution in [3.63, 3.8) is 0 Å². The first-order chi connectivity index (χ1) is 13.5. The van der Waals surface area contributed by atoms with Crippen LogP contribution in [0.25, 0.3) is 11.2 Å². The van der Waals surface area contributed by atoms with Gasteiger partial charge in [-0.25, -0.2) is 14.6 Å². The Balaban J connectivity index is 1.49. The third-order valence-electron chi connectivity index (χ3n) is 4.41. The lowest BCUT2D eigenvalue weighted by Gasteiger charge is -2.16. The quantitative estimate of drug-likeness (QED) is 0.533. The number of hydrogen-bond acceptors (Lipinski definition) is 6. The Morgan fingerprint density at radius 1 is 1.21 bits per heavy atom. The number of nitrogens with zero attached hydrogens (tertiary/aromatic N) is 4. The molecule has 7 nitrogen and oxygen atoms in total. The molecule has 3 heterocycles. The van der Waals surface area contributed by atoms with Crippen molar-refractivity contribution in [2.45, 2.75) is 19.9 Å². The molecular formula is C20H20N6OS. The van der Waals surface area contributed by atoms with Gasteiger partial charge >= 0.3 is 0 Å². The van der Waals surface area contributed by atoms with Crippen molar-refractivity contribution in [2.75, 3.05) is 10.6 Å². The molecule has 0 spiro atoms. The van der Waals surface area contributed by atoms with Crippen LogP contribution in [0.4, 0.5) is 11.5 Å². The van der Waals surface area contributed by atoms with Gasteiger partial charge in [-0.2, -0.15) is 5.10 Å². The number of benzene rings is 1. The topological polar surface area (TPSA) is 84.7 Å². The number of carbonyl (C=O) groups is 1. The number of anilines is 2. The molecule has 4 rings (SSSR count). The minimum absolute atomic E-state index is 0.0131. The van der Waals surface area contributed by atoms with Crippen LogP contribution in [0.15, 0.2) is 48.8 Å². The van der Waals surface area contributed by atoms with Crippen LogP contribution in [-0.2, 0) is 7.05 Å². The average molecular weight is 392 g/mol. The molecule has 1 unspecified atom stereocenters. The lowest BCUT2D eigenvalue weighted by Crippen LogP contribution is -2.12. The van der Waals surface area contributed by atoms with Crippen molar-refractivity contribution in [2.24, 2.45) is 7.05 Å². The van der Waals surface area contributed by atoms with Crippen molar-refractivity contribution in [3.8, 4) is 0 Å². The summed E-state index contributed by atoms with van der Waals surface area (Å²) in [5.74, 6) is 0.579. The second-order valence-electron chi connectivity index (χ2n) is 6.59. The first-order valence-corrected chi connectivity index (χ1v) is 9.70. The smallest absolute Gasteiger partial charge is 0.265 e. The highest BCUT2D eigenvalue weighted by atomic mass is 32.1. The zero-order valence-electron chi connectivity index (χ0n) is 15.8. The van der Waals surface area contributed by atoms with Crippen LogP contribution >= 0.6 is 11.3 Å². The van der Waals surface area contributed by atoms with E-state index in [1.165, 1.54) is 11.3 Å². The summed E-state index contributed by atoms with van der Waals surface area (Å²) in [5, 5.41) is 10.5. The molecule has 0 aliphatic rings. The molecule has 1 atom stereocenters. The molecule has 3 aromatic heterocycles. The summed E-state index contributed by atoms with van der Waals surface area (Å²) >= 11 is 1.48. The summed E-state index contributed by atoms with van der Waals surface area (Å²) in [4.78, 5) is 23.2. The third-order valence-corrected chi connectivity index (χ3v) is 5.41. The molecule has 0 radical (unpaired) electrons. The normalized spacial score (nSPS) is 12.1. The summed E-state index contributed by atoms with van der Waals surface area (Å²) < 4.78 is 1.70. The van der Waals surface area contributed by atoms with Gasteiger partial charge in [-0.05, 0) is 43.7 Å². The van der Waals surface area contributed by atoms with Gasteiger partial charge in [0.05, 0.1) is 23.3 Å². The van der Waals surface area contributed by atoms with Crippen LogP contribution in [0.1, 0.15) is 33.1 Å². The maximum absolute atomic E-state index is 12.4. The highest BCUT2D eigenvalue weighted by molar-refractivity contribution is 7.14. The van der Waals surface area contributed by atoms with Crippen LogP contribution in [0.5, 0.6) is 0 Å². The maximum atomic E-state index is 12.4. The zero-order valence-corrected chi connectivity index (χ0v) is 16.6. The van der Waals surface area contributed by atoms with E-state index in [2.05, 4.69) is 25.7 Å². The van der Waals surface area contributed by atoms with E-state index >= 15 is 0 Å². The number of carbonyl (C=O) groups excluding carboxylic acids is 1. The van der Waals surface area contributed by atoms with Crippen LogP contribution in [0.2, 0.25) is 0 Å². The fourth-order valence-corrected chi connectivity index (χ4v) is 3.69. The monoisotopic (exact) mass is 392 g/mol. The summed E-state index contributed by atoms with van der Waals surface area (Å²) in [6.45, 7) is 4.03. The summed E-state index contributed by atoms with van der Waals surface area (Å²) in [6.07, 6.45) is 3.39. The van der Waals surface area contributed by atoms with Gasteiger partial charge in [0.15, 0.2) is 5.65 Å². The number of thiophene rings is 1. The summed E-state index contributed by atoms with van der Waals surface area (Å²) in [6, 6.07) is 11.6. The Morgan fingerprint density at radius 3 is 2.86 bits per heavy atom. The summed E-state index contributed by atoms with van der Waals surface area (Å²) in [5.41, 5.74) is 3.28. The van der Waals surface area contributed by atoms with E-state index in [9.17, 15) is 4.79 Å². The number of nitrogens with one attached hydrogen (secondary N) is 2. The van der Waals surface area contributed by atoms with Crippen LogP contribution in [0, 0.1) is 6.92 Å². The van der Waals surface area contributed by atoms with E-state index in [-0.39, 0.29) is 11.9 Å². The van der Waals surface area contributed by atoms with E-state index < -0.39 is 0 Å². The van der Waals surface area contributed by atoms with Crippen LogP contribution < -0.4 is 10.6 Å². The SMILES string of the molecule is Cc1ccc(C(=O)Nc2cccc(C(C)Nc3cnc4cnn(C)c4n3)c2)s1. The first-order valence-electron chi connectivity index (χ1n) is 8.88. The third kappa shape index (κ3) is 3.72. The maximum Gasteiger partial charge on any atom is 0.265 e. The van der Waals surface area contributed by atoms with E-state index in [4.69, 9.17) is 0 Å². The molecule has 0 saturated heterocycles. The lowest BCUT2D eigenvalue weighted by molar-refractivity contribution is 0.103. The Labute approximate surface area is 166 Å². The van der Waals surface area contributed by atoms with Gasteiger partial charge in [0.2, 0.25) is 0 Å². The fourth-order valence-electron chi connectivity index (χ4n) is 2.92. The fraction of sp³-hybridized carbons (Fsp3) is 0.200. The van der Waals surface area contributed by atoms with Crippen molar-refractivity contribution < 1.29 is 4.79 Å². The van der Waals surface area contributed by atoms with E-state index in [0.717, 1.165) is 27.3 Å². The standard InChI is InChI=1S/C20H20N6OS/c1-12-7-8-17(28-12)20(27)24-15-6-4-5-14(9-15)13(2)23-18-11-21-16-10-22-26(3)19(16)25-18/h4-11,13H,1-3H3,(H,23,25)(H,24,27). The lowest BCUT2D eigenvalue weighted by atomic mass is 10.1. The highest BCUT2D eigenvalue weighted by Crippen LogP contribution is 2.23. The minimum Gasteiger partial charge on any atom is -0.362 e. The minimum atomic E-state index is -0.0941. The molecule has 1 amide bonds. The number of amides is 1. The van der Waals surface area contributed by atoms with E-state index in [0.29, 0.717) is 10.7 Å². The second-order valence-corrected chi connectivity index (χ2v) is 7.88. The second kappa shape index (κ2) is 7.40. The predicted octanol–water partition coefficient (Wildman–Crippen LogP) is 4.16. The van der Waals surface area contributed by atoms with Gasteiger partial charge in [-0.1, -0.05) is 12.1 Å². The van der Waals surface area contributed by atoms with Crippen molar-refractivity contribution in [1.29, 1.82) is 0 Å². The van der Waals surface area contributed by atoms with E-state index in [1.54, 1.807) is 17.1 Å². The molecule has 0 saturated carbocycles. The van der Waals surface area contributed by atoms with E-state index in [1.807, 2.05) is 57.3 Å². The average Bonchev–Trinajstić information content (AvgIpc) is 3.28. The number of hydrogen-bond donors (Lipinski definition) is 2. The molecule has 2 N–H and O–H groups in total. The predicted molar refractivity (Wildman–Crippen MR) is 112 cm³/mol. The van der Waals surface area contributed by atoms with Crippen molar-refractivity contribution >= 4 is 39.9 Å². The van der Waals surface area contributed by atoms with Gasteiger partial charge in [0.1, 0.15) is 11.3 Å². The van der Waals surface area contributed by atoms with Crippen molar-refractivity contribution in [1.82, 2.24) is 19.7 Å². The summed E-state index contributed by atoms with van der Waals surface area (Å²) in [7, 11) is 1.84. The highest BCUT2D eigenvalue weighted by Gasteiger charge is 2.12.